The molecule has 7 nitrogen and oxygen atoms in total. The van der Waals surface area contributed by atoms with Gasteiger partial charge in [-0.15, -0.1) is 0 Å². The maximum atomic E-state index is 13.7. The number of hydrogen-bond acceptors (Lipinski definition) is 6. The third kappa shape index (κ3) is 4.40. The van der Waals surface area contributed by atoms with Crippen LogP contribution in [0.1, 0.15) is 0 Å². The SMILES string of the molecule is COc1cncc(N2CCN(C(=O)COc3ccc(Br)cc3F)CC2)n1. The summed E-state index contributed by atoms with van der Waals surface area (Å²) in [5, 5.41) is 0. The number of ether oxygens (including phenoxy) is 2. The molecule has 2 heterocycles. The molecule has 0 bridgehead atoms. The Morgan fingerprint density at radius 3 is 2.73 bits per heavy atom. The Kier molecular flexibility index (Phi) is 5.87. The van der Waals surface area contributed by atoms with Crippen LogP contribution in [0.4, 0.5) is 10.2 Å². The number of carbonyl (C=O) groups is 1. The number of amides is 1. The quantitative estimate of drug-likeness (QED) is 0.731. The van der Waals surface area contributed by atoms with Crippen LogP contribution in [-0.4, -0.2) is 60.7 Å². The highest BCUT2D eigenvalue weighted by Crippen LogP contribution is 2.21. The zero-order chi connectivity index (χ0) is 18.5. The first-order valence-electron chi connectivity index (χ1n) is 8.03. The summed E-state index contributed by atoms with van der Waals surface area (Å²) in [6, 6.07) is 4.46. The lowest BCUT2D eigenvalue weighted by Crippen LogP contribution is -2.50. The summed E-state index contributed by atoms with van der Waals surface area (Å²) < 4.78 is 24.7. The fourth-order valence-electron chi connectivity index (χ4n) is 2.60. The van der Waals surface area contributed by atoms with Crippen LogP contribution in [0.5, 0.6) is 11.6 Å². The summed E-state index contributed by atoms with van der Waals surface area (Å²) in [6.45, 7) is 2.12. The molecule has 0 unspecified atom stereocenters. The molecular formula is C17H18BrFN4O3. The molecule has 1 saturated heterocycles. The summed E-state index contributed by atoms with van der Waals surface area (Å²) in [6.07, 6.45) is 3.21. The summed E-state index contributed by atoms with van der Waals surface area (Å²) in [7, 11) is 1.54. The monoisotopic (exact) mass is 424 g/mol. The molecule has 0 spiro atoms. The van der Waals surface area contributed by atoms with Gasteiger partial charge in [0.25, 0.3) is 5.91 Å². The summed E-state index contributed by atoms with van der Waals surface area (Å²) in [5.74, 6) is 0.541. The average molecular weight is 425 g/mol. The van der Waals surface area contributed by atoms with E-state index in [0.29, 0.717) is 42.3 Å². The second-order valence-electron chi connectivity index (χ2n) is 5.65. The number of benzene rings is 1. The molecule has 0 saturated carbocycles. The maximum Gasteiger partial charge on any atom is 0.260 e. The zero-order valence-electron chi connectivity index (χ0n) is 14.2. The number of rotatable bonds is 5. The van der Waals surface area contributed by atoms with Crippen molar-refractivity contribution in [1.29, 1.82) is 0 Å². The topological polar surface area (TPSA) is 67.8 Å². The van der Waals surface area contributed by atoms with Gasteiger partial charge in [-0.05, 0) is 18.2 Å². The van der Waals surface area contributed by atoms with Gasteiger partial charge in [0.2, 0.25) is 5.88 Å². The number of piperazine rings is 1. The van der Waals surface area contributed by atoms with E-state index in [0.717, 1.165) is 0 Å². The van der Waals surface area contributed by atoms with Gasteiger partial charge in [-0.3, -0.25) is 9.78 Å². The molecule has 26 heavy (non-hydrogen) atoms. The first-order chi connectivity index (χ1) is 12.6. The normalized spacial score (nSPS) is 14.3. The Bertz CT molecular complexity index is 784. The Balaban J connectivity index is 1.51. The molecule has 0 radical (unpaired) electrons. The largest absolute Gasteiger partial charge is 0.481 e. The standard InChI is InChI=1S/C17H18BrFN4O3/c1-25-16-10-20-9-15(21-16)22-4-6-23(7-5-22)17(24)11-26-14-3-2-12(18)8-13(14)19/h2-3,8-10H,4-7,11H2,1H3. The van der Waals surface area contributed by atoms with Crippen LogP contribution < -0.4 is 14.4 Å². The van der Waals surface area contributed by atoms with Gasteiger partial charge in [0, 0.05) is 30.7 Å². The molecule has 1 aliphatic rings. The van der Waals surface area contributed by atoms with Crippen molar-refractivity contribution in [3.8, 4) is 11.6 Å². The lowest BCUT2D eigenvalue weighted by molar-refractivity contribution is -0.133. The summed E-state index contributed by atoms with van der Waals surface area (Å²) in [4.78, 5) is 24.5. The van der Waals surface area contributed by atoms with Gasteiger partial charge in [-0.1, -0.05) is 15.9 Å². The van der Waals surface area contributed by atoms with Gasteiger partial charge < -0.3 is 19.3 Å². The van der Waals surface area contributed by atoms with Crippen molar-refractivity contribution in [2.24, 2.45) is 0 Å². The smallest absolute Gasteiger partial charge is 0.260 e. The highest BCUT2D eigenvalue weighted by Gasteiger charge is 2.23. The van der Waals surface area contributed by atoms with Gasteiger partial charge >= 0.3 is 0 Å². The number of aromatic nitrogens is 2. The van der Waals surface area contributed by atoms with Crippen molar-refractivity contribution in [2.45, 2.75) is 0 Å². The van der Waals surface area contributed by atoms with Gasteiger partial charge in [-0.2, -0.15) is 4.98 Å². The minimum Gasteiger partial charge on any atom is -0.481 e. The fraction of sp³-hybridized carbons (Fsp3) is 0.353. The molecule has 3 rings (SSSR count). The van der Waals surface area contributed by atoms with E-state index in [-0.39, 0.29) is 18.3 Å². The van der Waals surface area contributed by atoms with Gasteiger partial charge in [-0.25, -0.2) is 4.39 Å². The van der Waals surface area contributed by atoms with Crippen LogP contribution in [-0.2, 0) is 4.79 Å². The van der Waals surface area contributed by atoms with Gasteiger partial charge in [0.05, 0.1) is 19.5 Å². The van der Waals surface area contributed by atoms with E-state index < -0.39 is 5.82 Å². The molecular weight excluding hydrogens is 407 g/mol. The van der Waals surface area contributed by atoms with Crippen LogP contribution in [0, 0.1) is 5.82 Å². The molecule has 1 aromatic carbocycles. The first-order valence-corrected chi connectivity index (χ1v) is 8.82. The molecule has 1 aromatic heterocycles. The molecule has 0 N–H and O–H groups in total. The minimum atomic E-state index is -0.506. The molecule has 2 aromatic rings. The molecule has 1 fully saturated rings. The Hall–Kier alpha value is -2.42. The van der Waals surface area contributed by atoms with Crippen molar-refractivity contribution in [3.63, 3.8) is 0 Å². The van der Waals surface area contributed by atoms with E-state index in [1.165, 1.54) is 12.1 Å². The predicted octanol–water partition coefficient (Wildman–Crippen LogP) is 2.11. The van der Waals surface area contributed by atoms with E-state index in [4.69, 9.17) is 9.47 Å². The van der Waals surface area contributed by atoms with E-state index in [1.54, 1.807) is 30.5 Å². The second kappa shape index (κ2) is 8.31. The van der Waals surface area contributed by atoms with Crippen LogP contribution >= 0.6 is 15.9 Å². The fourth-order valence-corrected chi connectivity index (χ4v) is 2.93. The highest BCUT2D eigenvalue weighted by molar-refractivity contribution is 9.10. The van der Waals surface area contributed by atoms with Crippen molar-refractivity contribution in [3.05, 3.63) is 40.9 Å². The van der Waals surface area contributed by atoms with Crippen molar-refractivity contribution in [2.75, 3.05) is 44.8 Å². The van der Waals surface area contributed by atoms with Gasteiger partial charge in [0.1, 0.15) is 0 Å². The second-order valence-corrected chi connectivity index (χ2v) is 6.57. The molecule has 1 amide bonds. The molecule has 138 valence electrons. The van der Waals surface area contributed by atoms with Crippen molar-refractivity contribution in [1.82, 2.24) is 14.9 Å². The molecule has 1 aliphatic heterocycles. The van der Waals surface area contributed by atoms with Crippen LogP contribution in [0.2, 0.25) is 0 Å². The van der Waals surface area contributed by atoms with Gasteiger partial charge in [0.15, 0.2) is 24.0 Å². The lowest BCUT2D eigenvalue weighted by Gasteiger charge is -2.35. The third-order valence-electron chi connectivity index (χ3n) is 4.01. The zero-order valence-corrected chi connectivity index (χ0v) is 15.8. The van der Waals surface area contributed by atoms with E-state index >= 15 is 0 Å². The number of methoxy groups -OCH3 is 1. The van der Waals surface area contributed by atoms with E-state index in [2.05, 4.69) is 25.9 Å². The maximum absolute atomic E-state index is 13.7. The van der Waals surface area contributed by atoms with Crippen molar-refractivity contribution >= 4 is 27.7 Å². The highest BCUT2D eigenvalue weighted by atomic mass is 79.9. The molecule has 9 heteroatoms. The molecule has 0 atom stereocenters. The first kappa shape index (κ1) is 18.4. The third-order valence-corrected chi connectivity index (χ3v) is 4.50. The number of hydrogen-bond donors (Lipinski definition) is 0. The summed E-state index contributed by atoms with van der Waals surface area (Å²) >= 11 is 3.18. The van der Waals surface area contributed by atoms with Crippen LogP contribution in [0.25, 0.3) is 0 Å². The van der Waals surface area contributed by atoms with Crippen LogP contribution in [0.3, 0.4) is 0 Å². The Labute approximate surface area is 158 Å². The number of nitrogens with zero attached hydrogens (tertiary/aromatic N) is 4. The minimum absolute atomic E-state index is 0.0619. The van der Waals surface area contributed by atoms with Crippen LogP contribution in [0.15, 0.2) is 35.1 Å². The number of anilines is 1. The van der Waals surface area contributed by atoms with E-state index in [1.807, 2.05) is 4.90 Å². The Morgan fingerprint density at radius 2 is 2.04 bits per heavy atom. The molecule has 0 aliphatic carbocycles. The van der Waals surface area contributed by atoms with Crippen molar-refractivity contribution < 1.29 is 18.7 Å². The number of carbonyl (C=O) groups excluding carboxylic acids is 1. The number of halogens is 2. The Morgan fingerprint density at radius 1 is 1.27 bits per heavy atom. The average Bonchev–Trinajstić information content (AvgIpc) is 2.67. The summed E-state index contributed by atoms with van der Waals surface area (Å²) in [5.41, 5.74) is 0. The predicted molar refractivity (Wildman–Crippen MR) is 97.0 cm³/mol. The van der Waals surface area contributed by atoms with E-state index in [9.17, 15) is 9.18 Å². The lowest BCUT2D eigenvalue weighted by atomic mass is 10.3.